The Kier molecular flexibility index (Phi) is 4.34. The molecule has 0 fully saturated rings. The molecule has 4 rings (SSSR count). The summed E-state index contributed by atoms with van der Waals surface area (Å²) in [4.78, 5) is 11.4. The van der Waals surface area contributed by atoms with Gasteiger partial charge in [0.05, 0.1) is 5.39 Å². The molecule has 0 aliphatic heterocycles. The van der Waals surface area contributed by atoms with Crippen molar-refractivity contribution in [3.8, 4) is 0 Å². The molecule has 24 heavy (non-hydrogen) atoms. The van der Waals surface area contributed by atoms with E-state index in [0.717, 1.165) is 28.0 Å². The van der Waals surface area contributed by atoms with Gasteiger partial charge < -0.3 is 0 Å². The van der Waals surface area contributed by atoms with E-state index in [1.165, 1.54) is 29.7 Å². The van der Waals surface area contributed by atoms with Crippen LogP contribution in [0, 0.1) is 0 Å². The Labute approximate surface area is 145 Å². The maximum absolute atomic E-state index is 4.43. The molecule has 0 saturated heterocycles. The quantitative estimate of drug-likeness (QED) is 0.556. The molecule has 1 aromatic carbocycles. The van der Waals surface area contributed by atoms with E-state index in [9.17, 15) is 0 Å². The number of benzene rings is 1. The Morgan fingerprint density at radius 1 is 1.08 bits per heavy atom. The number of rotatable bonds is 4. The maximum atomic E-state index is 4.43. The predicted molar refractivity (Wildman–Crippen MR) is 102 cm³/mol. The number of fused-ring (bicyclic) bond motifs is 3. The van der Waals surface area contributed by atoms with Gasteiger partial charge in [-0.15, -0.1) is 11.3 Å². The van der Waals surface area contributed by atoms with Crippen LogP contribution in [0.2, 0.25) is 0 Å². The van der Waals surface area contributed by atoms with E-state index in [1.54, 1.807) is 23.9 Å². The summed E-state index contributed by atoms with van der Waals surface area (Å²) >= 11 is 1.80. The van der Waals surface area contributed by atoms with Gasteiger partial charge >= 0.3 is 0 Å². The van der Waals surface area contributed by atoms with Crippen molar-refractivity contribution in [1.29, 1.82) is 0 Å². The second-order valence-electron chi connectivity index (χ2n) is 5.77. The fourth-order valence-electron chi connectivity index (χ4n) is 3.03. The molecule has 5 heteroatoms. The van der Waals surface area contributed by atoms with Crippen molar-refractivity contribution in [2.75, 3.05) is 5.43 Å². The Morgan fingerprint density at radius 3 is 2.88 bits per heavy atom. The largest absolute Gasteiger partial charge is 0.261 e. The van der Waals surface area contributed by atoms with Crippen molar-refractivity contribution in [1.82, 2.24) is 9.97 Å². The summed E-state index contributed by atoms with van der Waals surface area (Å²) in [5, 5.41) is 5.44. The number of allylic oxidation sites excluding steroid dienone is 1. The third kappa shape index (κ3) is 3.08. The molecule has 0 radical (unpaired) electrons. The Hall–Kier alpha value is -2.53. The van der Waals surface area contributed by atoms with Crippen LogP contribution in [0.3, 0.4) is 0 Å². The van der Waals surface area contributed by atoms with Gasteiger partial charge in [0.1, 0.15) is 11.2 Å². The Bertz CT molecular complexity index is 896. The Balaban J connectivity index is 1.53. The van der Waals surface area contributed by atoms with Crippen molar-refractivity contribution in [3.05, 3.63) is 58.7 Å². The third-order valence-electron chi connectivity index (χ3n) is 4.17. The molecule has 2 heterocycles. The average molecular weight is 334 g/mol. The minimum absolute atomic E-state index is 0.809. The minimum Gasteiger partial charge on any atom is -0.261 e. The number of anilines is 1. The van der Waals surface area contributed by atoms with E-state index in [1.807, 2.05) is 30.4 Å². The van der Waals surface area contributed by atoms with Gasteiger partial charge in [0.2, 0.25) is 0 Å². The summed E-state index contributed by atoms with van der Waals surface area (Å²) < 4.78 is 0. The van der Waals surface area contributed by atoms with Gasteiger partial charge in [-0.25, -0.2) is 9.97 Å². The molecule has 0 spiro atoms. The van der Waals surface area contributed by atoms with Crippen LogP contribution in [-0.4, -0.2) is 16.2 Å². The fraction of sp³-hybridized carbons (Fsp3) is 0.211. The summed E-state index contributed by atoms with van der Waals surface area (Å²) in [6.45, 7) is 0. The summed E-state index contributed by atoms with van der Waals surface area (Å²) in [5.41, 5.74) is 5.65. The molecule has 2 aromatic heterocycles. The smallest absolute Gasteiger partial charge is 0.158 e. The molecule has 1 aliphatic rings. The highest BCUT2D eigenvalue weighted by Gasteiger charge is 2.19. The standard InChI is InChI=1S/C19H18N4S/c1-2-7-14(8-3-1)9-6-12-22-23-18-17-15-10-4-5-11-16(15)24-19(17)21-13-20-18/h1-3,6-9,12-13H,4-5,10-11H2,(H,20,21,23)/b9-6+,22-12-. The van der Waals surface area contributed by atoms with Crippen LogP contribution in [-0.2, 0) is 12.8 Å². The van der Waals surface area contributed by atoms with Gasteiger partial charge in [-0.1, -0.05) is 36.4 Å². The van der Waals surface area contributed by atoms with E-state index >= 15 is 0 Å². The summed E-state index contributed by atoms with van der Waals surface area (Å²) in [7, 11) is 0. The van der Waals surface area contributed by atoms with Crippen LogP contribution in [0.4, 0.5) is 5.82 Å². The number of aryl methyl sites for hydroxylation is 2. The monoisotopic (exact) mass is 334 g/mol. The number of aromatic nitrogens is 2. The molecule has 3 aromatic rings. The topological polar surface area (TPSA) is 50.2 Å². The van der Waals surface area contributed by atoms with E-state index in [0.29, 0.717) is 0 Å². The highest BCUT2D eigenvalue weighted by molar-refractivity contribution is 7.19. The zero-order valence-corrected chi connectivity index (χ0v) is 14.1. The van der Waals surface area contributed by atoms with E-state index in [-0.39, 0.29) is 0 Å². The van der Waals surface area contributed by atoms with Crippen LogP contribution in [0.5, 0.6) is 0 Å². The van der Waals surface area contributed by atoms with Crippen LogP contribution in [0.1, 0.15) is 28.8 Å². The van der Waals surface area contributed by atoms with E-state index < -0.39 is 0 Å². The molecule has 0 saturated carbocycles. The highest BCUT2D eigenvalue weighted by atomic mass is 32.1. The molecule has 1 N–H and O–H groups in total. The van der Waals surface area contributed by atoms with Gasteiger partial charge in [-0.2, -0.15) is 5.10 Å². The molecule has 0 atom stereocenters. The maximum Gasteiger partial charge on any atom is 0.158 e. The molecular formula is C19H18N4S. The normalized spacial score (nSPS) is 14.5. The zero-order chi connectivity index (χ0) is 16.2. The highest BCUT2D eigenvalue weighted by Crippen LogP contribution is 2.37. The molecular weight excluding hydrogens is 316 g/mol. The van der Waals surface area contributed by atoms with Crippen LogP contribution >= 0.6 is 11.3 Å². The lowest BCUT2D eigenvalue weighted by Crippen LogP contribution is -2.00. The first-order chi connectivity index (χ1) is 11.9. The fourth-order valence-corrected chi connectivity index (χ4v) is 4.26. The molecule has 4 nitrogen and oxygen atoms in total. The Morgan fingerprint density at radius 2 is 1.96 bits per heavy atom. The average Bonchev–Trinajstić information content (AvgIpc) is 3.02. The van der Waals surface area contributed by atoms with Crippen LogP contribution < -0.4 is 5.43 Å². The first kappa shape index (κ1) is 15.0. The second-order valence-corrected chi connectivity index (χ2v) is 6.86. The minimum atomic E-state index is 0.809. The van der Waals surface area contributed by atoms with Crippen molar-refractivity contribution in [2.24, 2.45) is 5.10 Å². The lowest BCUT2D eigenvalue weighted by atomic mass is 9.97. The van der Waals surface area contributed by atoms with Gasteiger partial charge in [-0.3, -0.25) is 5.43 Å². The van der Waals surface area contributed by atoms with Gasteiger partial charge in [0.25, 0.3) is 0 Å². The number of hydrogen-bond acceptors (Lipinski definition) is 5. The number of nitrogens with zero attached hydrogens (tertiary/aromatic N) is 3. The number of hydrogen-bond donors (Lipinski definition) is 1. The zero-order valence-electron chi connectivity index (χ0n) is 13.3. The molecule has 1 aliphatic carbocycles. The first-order valence-corrected chi connectivity index (χ1v) is 8.99. The van der Waals surface area contributed by atoms with Gasteiger partial charge in [0, 0.05) is 11.1 Å². The van der Waals surface area contributed by atoms with Gasteiger partial charge in [-0.05, 0) is 42.9 Å². The molecule has 0 amide bonds. The van der Waals surface area contributed by atoms with E-state index in [2.05, 4.69) is 32.6 Å². The lowest BCUT2D eigenvalue weighted by Gasteiger charge is -2.11. The number of hydrazone groups is 1. The molecule has 120 valence electrons. The SMILES string of the molecule is C(/C=C/c1ccccc1)=N/Nc1ncnc2sc3c(c12)CCCC3. The predicted octanol–water partition coefficient (Wildman–Crippen LogP) is 4.68. The first-order valence-electron chi connectivity index (χ1n) is 8.18. The van der Waals surface area contributed by atoms with Crippen LogP contribution in [0.15, 0.2) is 47.8 Å². The summed E-state index contributed by atoms with van der Waals surface area (Å²) in [5.74, 6) is 0.809. The van der Waals surface area contributed by atoms with Crippen molar-refractivity contribution < 1.29 is 0 Å². The molecule has 0 bridgehead atoms. The number of nitrogens with one attached hydrogen (secondary N) is 1. The lowest BCUT2D eigenvalue weighted by molar-refractivity contribution is 0.700. The molecule has 0 unspecified atom stereocenters. The van der Waals surface area contributed by atoms with Gasteiger partial charge in [0.15, 0.2) is 5.82 Å². The van der Waals surface area contributed by atoms with E-state index in [4.69, 9.17) is 0 Å². The second kappa shape index (κ2) is 6.93. The van der Waals surface area contributed by atoms with Crippen LogP contribution in [0.25, 0.3) is 16.3 Å². The third-order valence-corrected chi connectivity index (χ3v) is 5.37. The van der Waals surface area contributed by atoms with Crippen molar-refractivity contribution in [2.45, 2.75) is 25.7 Å². The summed E-state index contributed by atoms with van der Waals surface area (Å²) in [6.07, 6.45) is 12.1. The summed E-state index contributed by atoms with van der Waals surface area (Å²) in [6, 6.07) is 10.2. The van der Waals surface area contributed by atoms with Crippen molar-refractivity contribution in [3.63, 3.8) is 0 Å². The number of thiophene rings is 1. The van der Waals surface area contributed by atoms with Crippen molar-refractivity contribution >= 4 is 39.7 Å².